The number of nitrogens with zero attached hydrogens (tertiary/aromatic N) is 3. The Hall–Kier alpha value is -3.21. The highest BCUT2D eigenvalue weighted by molar-refractivity contribution is 6.42. The molecule has 1 aromatic heterocycles. The highest BCUT2D eigenvalue weighted by atomic mass is 35.5. The van der Waals surface area contributed by atoms with E-state index in [2.05, 4.69) is 5.10 Å². The third-order valence-corrected chi connectivity index (χ3v) is 5.31. The Kier molecular flexibility index (Phi) is 6.88. The van der Waals surface area contributed by atoms with Crippen molar-refractivity contribution in [3.63, 3.8) is 0 Å². The molecule has 0 aliphatic carbocycles. The average molecular weight is 509 g/mol. The van der Waals surface area contributed by atoms with Crippen LogP contribution in [0.3, 0.4) is 0 Å². The molecule has 4 amide bonds. The van der Waals surface area contributed by atoms with E-state index in [4.69, 9.17) is 38.1 Å². The number of rotatable bonds is 5. The standard InChI is InChI=1S/C22H22Cl2N4O6/c1-21(2,3)34-19(31)22(4,25)18(30)28-17(29)11-27(20(28)32)26-10-13-6-8-16(33-13)12-5-7-14(23)15(24)9-12/h5-10H,11,25H2,1-4H3. The lowest BCUT2D eigenvalue weighted by Crippen LogP contribution is -2.61. The van der Waals surface area contributed by atoms with Gasteiger partial charge in [0, 0.05) is 5.56 Å². The summed E-state index contributed by atoms with van der Waals surface area (Å²) in [5.74, 6) is -2.43. The Bertz CT molecular complexity index is 1200. The largest absolute Gasteiger partial charge is 0.458 e. The fourth-order valence-electron chi connectivity index (χ4n) is 2.84. The van der Waals surface area contributed by atoms with Crippen LogP contribution in [0.2, 0.25) is 10.0 Å². The van der Waals surface area contributed by atoms with E-state index in [1.807, 2.05) is 0 Å². The van der Waals surface area contributed by atoms with Crippen molar-refractivity contribution in [2.45, 2.75) is 38.8 Å². The zero-order valence-corrected chi connectivity index (χ0v) is 20.3. The third-order valence-electron chi connectivity index (χ3n) is 4.57. The van der Waals surface area contributed by atoms with Crippen molar-refractivity contribution in [3.8, 4) is 11.3 Å². The first-order valence-electron chi connectivity index (χ1n) is 10.0. The summed E-state index contributed by atoms with van der Waals surface area (Å²) in [6.07, 6.45) is 1.20. The normalized spacial score (nSPS) is 16.3. The van der Waals surface area contributed by atoms with Crippen LogP contribution >= 0.6 is 23.2 Å². The minimum absolute atomic E-state index is 0.267. The molecule has 1 aromatic carbocycles. The summed E-state index contributed by atoms with van der Waals surface area (Å²) in [6, 6.07) is 7.17. The second-order valence-electron chi connectivity index (χ2n) is 8.65. The summed E-state index contributed by atoms with van der Waals surface area (Å²) in [4.78, 5) is 50.5. The molecule has 180 valence electrons. The van der Waals surface area contributed by atoms with Crippen molar-refractivity contribution < 1.29 is 28.3 Å². The van der Waals surface area contributed by atoms with E-state index in [1.165, 1.54) is 6.21 Å². The third kappa shape index (κ3) is 5.30. The van der Waals surface area contributed by atoms with Crippen LogP contribution in [0.5, 0.6) is 0 Å². The fourth-order valence-corrected chi connectivity index (χ4v) is 3.13. The molecule has 0 spiro atoms. The zero-order valence-electron chi connectivity index (χ0n) is 18.8. The maximum Gasteiger partial charge on any atom is 0.354 e. The van der Waals surface area contributed by atoms with E-state index in [0.717, 1.165) is 11.9 Å². The van der Waals surface area contributed by atoms with Crippen LogP contribution in [-0.2, 0) is 19.1 Å². The molecule has 3 rings (SSSR count). The Labute approximate surface area is 205 Å². The molecule has 2 N–H and O–H groups in total. The molecular formula is C22H22Cl2N4O6. The maximum absolute atomic E-state index is 12.8. The summed E-state index contributed by atoms with van der Waals surface area (Å²) in [6.45, 7) is 5.33. The number of ether oxygens (including phenoxy) is 1. The SMILES string of the molecule is CC(C)(C)OC(=O)C(C)(N)C(=O)N1C(=O)CN(N=Cc2ccc(-c3ccc(Cl)c(Cl)c3)o2)C1=O. The Morgan fingerprint density at radius 1 is 1.12 bits per heavy atom. The molecule has 1 aliphatic heterocycles. The molecule has 10 nitrogen and oxygen atoms in total. The highest BCUT2D eigenvalue weighted by Crippen LogP contribution is 2.29. The van der Waals surface area contributed by atoms with Gasteiger partial charge >= 0.3 is 12.0 Å². The fraction of sp³-hybridized carbons (Fsp3) is 0.318. The molecule has 0 saturated carbocycles. The van der Waals surface area contributed by atoms with Gasteiger partial charge in [-0.1, -0.05) is 23.2 Å². The number of nitrogens with two attached hydrogens (primary N) is 1. The summed E-state index contributed by atoms with van der Waals surface area (Å²) < 4.78 is 10.8. The van der Waals surface area contributed by atoms with Crippen LogP contribution in [-0.4, -0.2) is 57.6 Å². The molecule has 1 unspecified atom stereocenters. The Balaban J connectivity index is 1.73. The van der Waals surface area contributed by atoms with E-state index in [1.54, 1.807) is 51.1 Å². The summed E-state index contributed by atoms with van der Waals surface area (Å²) in [5.41, 5.74) is 3.33. The van der Waals surface area contributed by atoms with Gasteiger partial charge in [0.25, 0.3) is 11.8 Å². The van der Waals surface area contributed by atoms with E-state index < -0.39 is 41.5 Å². The number of hydrogen-bond donors (Lipinski definition) is 1. The van der Waals surface area contributed by atoms with E-state index >= 15 is 0 Å². The van der Waals surface area contributed by atoms with Crippen LogP contribution in [0.1, 0.15) is 33.5 Å². The number of esters is 1. The predicted octanol–water partition coefficient (Wildman–Crippen LogP) is 3.44. The maximum atomic E-state index is 12.8. The Morgan fingerprint density at radius 3 is 2.41 bits per heavy atom. The lowest BCUT2D eigenvalue weighted by Gasteiger charge is -2.28. The second-order valence-corrected chi connectivity index (χ2v) is 9.47. The van der Waals surface area contributed by atoms with E-state index in [-0.39, 0.29) is 10.7 Å². The van der Waals surface area contributed by atoms with Gasteiger partial charge in [0.05, 0.1) is 16.3 Å². The van der Waals surface area contributed by atoms with E-state index in [0.29, 0.717) is 21.4 Å². The quantitative estimate of drug-likeness (QED) is 0.282. The minimum atomic E-state index is -2.26. The molecule has 1 aliphatic rings. The Morgan fingerprint density at radius 2 is 1.79 bits per heavy atom. The number of benzene rings is 1. The molecule has 0 radical (unpaired) electrons. The number of amides is 4. The van der Waals surface area contributed by atoms with Gasteiger partial charge in [0.15, 0.2) is 5.54 Å². The van der Waals surface area contributed by atoms with Crippen molar-refractivity contribution in [3.05, 3.63) is 46.1 Å². The first kappa shape index (κ1) is 25.4. The van der Waals surface area contributed by atoms with Crippen molar-refractivity contribution in [1.29, 1.82) is 0 Å². The van der Waals surface area contributed by atoms with Crippen molar-refractivity contribution >= 4 is 53.2 Å². The van der Waals surface area contributed by atoms with Crippen LogP contribution in [0.15, 0.2) is 39.9 Å². The molecule has 12 heteroatoms. The van der Waals surface area contributed by atoms with Crippen LogP contribution in [0.4, 0.5) is 4.79 Å². The number of carbonyl (C=O) groups is 4. The number of imide groups is 3. The van der Waals surface area contributed by atoms with Gasteiger partial charge in [0.1, 0.15) is 23.7 Å². The van der Waals surface area contributed by atoms with Gasteiger partial charge in [-0.15, -0.1) is 0 Å². The monoisotopic (exact) mass is 508 g/mol. The molecule has 1 atom stereocenters. The van der Waals surface area contributed by atoms with Gasteiger partial charge < -0.3 is 14.9 Å². The van der Waals surface area contributed by atoms with Crippen molar-refractivity contribution in [1.82, 2.24) is 9.91 Å². The smallest absolute Gasteiger partial charge is 0.354 e. The van der Waals surface area contributed by atoms with Crippen LogP contribution < -0.4 is 5.73 Å². The first-order chi connectivity index (χ1) is 15.7. The molecule has 1 fully saturated rings. The number of carbonyl (C=O) groups excluding carboxylic acids is 4. The number of halogens is 2. The second kappa shape index (κ2) is 9.21. The lowest BCUT2D eigenvalue weighted by molar-refractivity contribution is -0.165. The number of hydrogen-bond acceptors (Lipinski definition) is 8. The van der Waals surface area contributed by atoms with Gasteiger partial charge in [-0.2, -0.15) is 10.0 Å². The molecule has 2 aromatic rings. The highest BCUT2D eigenvalue weighted by Gasteiger charge is 2.51. The lowest BCUT2D eigenvalue weighted by atomic mass is 10.0. The topological polar surface area (TPSA) is 136 Å². The van der Waals surface area contributed by atoms with Gasteiger partial charge in [-0.3, -0.25) is 9.59 Å². The molecule has 1 saturated heterocycles. The molecular weight excluding hydrogens is 487 g/mol. The van der Waals surface area contributed by atoms with Crippen LogP contribution in [0, 0.1) is 0 Å². The van der Waals surface area contributed by atoms with Gasteiger partial charge in [-0.05, 0) is 58.0 Å². The molecule has 34 heavy (non-hydrogen) atoms. The molecule has 2 heterocycles. The van der Waals surface area contributed by atoms with Crippen LogP contribution in [0.25, 0.3) is 11.3 Å². The zero-order chi connectivity index (χ0) is 25.4. The van der Waals surface area contributed by atoms with Gasteiger partial charge in [0.2, 0.25) is 0 Å². The minimum Gasteiger partial charge on any atom is -0.458 e. The predicted molar refractivity (Wildman–Crippen MR) is 124 cm³/mol. The summed E-state index contributed by atoms with van der Waals surface area (Å²) in [7, 11) is 0. The number of furan rings is 1. The number of hydrazone groups is 1. The first-order valence-corrected chi connectivity index (χ1v) is 10.8. The number of urea groups is 1. The van der Waals surface area contributed by atoms with Crippen molar-refractivity contribution in [2.75, 3.05) is 6.54 Å². The molecule has 0 bridgehead atoms. The van der Waals surface area contributed by atoms with Crippen molar-refractivity contribution in [2.24, 2.45) is 10.8 Å². The summed E-state index contributed by atoms with van der Waals surface area (Å²) >= 11 is 11.9. The van der Waals surface area contributed by atoms with E-state index in [9.17, 15) is 19.2 Å². The average Bonchev–Trinajstić information content (AvgIpc) is 3.31. The summed E-state index contributed by atoms with van der Waals surface area (Å²) in [5, 5.41) is 5.44. The van der Waals surface area contributed by atoms with Gasteiger partial charge in [-0.25, -0.2) is 14.6 Å².